The van der Waals surface area contributed by atoms with E-state index in [0.717, 1.165) is 37.1 Å². The van der Waals surface area contributed by atoms with E-state index in [1.807, 2.05) is 17.9 Å². The summed E-state index contributed by atoms with van der Waals surface area (Å²) in [6, 6.07) is 2.92. The van der Waals surface area contributed by atoms with Gasteiger partial charge < -0.3 is 9.88 Å². The van der Waals surface area contributed by atoms with E-state index in [9.17, 15) is 0 Å². The first-order valence-corrected chi connectivity index (χ1v) is 7.43. The standard InChI is InChI=1S/C15H23N5/c1-4-12-7-14(19(3)18-12)10-20-11(2)16-8-15(20)9-17-13-5-6-13/h7-8,13,17H,4-6,9-10H2,1-3H3. The maximum absolute atomic E-state index is 4.52. The quantitative estimate of drug-likeness (QED) is 0.873. The van der Waals surface area contributed by atoms with Crippen molar-refractivity contribution >= 4 is 0 Å². The number of aromatic nitrogens is 4. The Morgan fingerprint density at radius 1 is 1.35 bits per heavy atom. The second-order valence-corrected chi connectivity index (χ2v) is 5.64. The second-order valence-electron chi connectivity index (χ2n) is 5.64. The molecule has 5 nitrogen and oxygen atoms in total. The van der Waals surface area contributed by atoms with Crippen LogP contribution >= 0.6 is 0 Å². The Morgan fingerprint density at radius 3 is 2.80 bits per heavy atom. The number of nitrogens with one attached hydrogen (secondary N) is 1. The Balaban J connectivity index is 1.77. The summed E-state index contributed by atoms with van der Waals surface area (Å²) in [5.74, 6) is 1.07. The van der Waals surface area contributed by atoms with Crippen molar-refractivity contribution in [3.05, 3.63) is 35.2 Å². The molecule has 0 atom stereocenters. The summed E-state index contributed by atoms with van der Waals surface area (Å²) in [5, 5.41) is 8.08. The van der Waals surface area contributed by atoms with Crippen molar-refractivity contribution < 1.29 is 0 Å². The SMILES string of the molecule is CCc1cc(Cn2c(CNC3CC3)cnc2C)n(C)n1. The van der Waals surface area contributed by atoms with Crippen molar-refractivity contribution in [2.45, 2.75) is 52.2 Å². The fourth-order valence-corrected chi connectivity index (χ4v) is 2.46. The van der Waals surface area contributed by atoms with Crippen LogP contribution in [-0.4, -0.2) is 25.4 Å². The minimum absolute atomic E-state index is 0.724. The number of nitrogens with zero attached hydrogens (tertiary/aromatic N) is 4. The highest BCUT2D eigenvalue weighted by atomic mass is 15.3. The molecule has 20 heavy (non-hydrogen) atoms. The number of hydrogen-bond donors (Lipinski definition) is 1. The van der Waals surface area contributed by atoms with Crippen molar-refractivity contribution in [2.24, 2.45) is 7.05 Å². The maximum Gasteiger partial charge on any atom is 0.106 e. The first kappa shape index (κ1) is 13.4. The van der Waals surface area contributed by atoms with E-state index in [1.165, 1.54) is 24.2 Å². The summed E-state index contributed by atoms with van der Waals surface area (Å²) in [4.78, 5) is 4.46. The predicted molar refractivity (Wildman–Crippen MR) is 78.5 cm³/mol. The molecule has 3 rings (SSSR count). The average molecular weight is 273 g/mol. The lowest BCUT2D eigenvalue weighted by molar-refractivity contribution is 0.601. The molecule has 0 aromatic carbocycles. The van der Waals surface area contributed by atoms with Gasteiger partial charge in [-0.3, -0.25) is 4.68 Å². The Labute approximate surface area is 120 Å². The lowest BCUT2D eigenvalue weighted by atomic mass is 10.3. The van der Waals surface area contributed by atoms with Gasteiger partial charge in [-0.1, -0.05) is 6.92 Å². The van der Waals surface area contributed by atoms with E-state index in [2.05, 4.69) is 39.9 Å². The highest BCUT2D eigenvalue weighted by molar-refractivity contribution is 5.14. The fraction of sp³-hybridized carbons (Fsp3) is 0.600. The average Bonchev–Trinajstić information content (AvgIpc) is 3.12. The number of imidazole rings is 1. The molecule has 108 valence electrons. The third-order valence-electron chi connectivity index (χ3n) is 4.00. The number of rotatable bonds is 6. The van der Waals surface area contributed by atoms with E-state index in [0.29, 0.717) is 0 Å². The van der Waals surface area contributed by atoms with Gasteiger partial charge in [0.05, 0.1) is 23.6 Å². The van der Waals surface area contributed by atoms with Crippen LogP contribution in [0.15, 0.2) is 12.3 Å². The molecule has 1 aliphatic carbocycles. The first-order valence-electron chi connectivity index (χ1n) is 7.43. The molecule has 1 aliphatic rings. The third kappa shape index (κ3) is 2.77. The zero-order chi connectivity index (χ0) is 14.1. The van der Waals surface area contributed by atoms with Gasteiger partial charge in [-0.2, -0.15) is 5.10 Å². The number of hydrogen-bond acceptors (Lipinski definition) is 3. The molecule has 0 bridgehead atoms. The van der Waals surface area contributed by atoms with Gasteiger partial charge in [0.15, 0.2) is 0 Å². The smallest absolute Gasteiger partial charge is 0.106 e. The Kier molecular flexibility index (Phi) is 3.61. The molecule has 2 heterocycles. The summed E-state index contributed by atoms with van der Waals surface area (Å²) in [6.07, 6.45) is 5.60. The van der Waals surface area contributed by atoms with Gasteiger partial charge in [0, 0.05) is 25.8 Å². The molecule has 1 N–H and O–H groups in total. The largest absolute Gasteiger partial charge is 0.325 e. The van der Waals surface area contributed by atoms with E-state index in [1.54, 1.807) is 0 Å². The normalized spacial score (nSPS) is 14.9. The van der Waals surface area contributed by atoms with Crippen LogP contribution in [0.1, 0.15) is 42.7 Å². The lowest BCUT2D eigenvalue weighted by Crippen LogP contribution is -2.19. The topological polar surface area (TPSA) is 47.7 Å². The zero-order valence-electron chi connectivity index (χ0n) is 12.6. The minimum Gasteiger partial charge on any atom is -0.325 e. The van der Waals surface area contributed by atoms with Crippen molar-refractivity contribution in [1.29, 1.82) is 0 Å². The summed E-state index contributed by atoms with van der Waals surface area (Å²) < 4.78 is 4.27. The summed E-state index contributed by atoms with van der Waals surface area (Å²) in [7, 11) is 2.02. The monoisotopic (exact) mass is 273 g/mol. The molecule has 2 aromatic rings. The molecule has 0 spiro atoms. The predicted octanol–water partition coefficient (Wildman–Crippen LogP) is 1.79. The van der Waals surface area contributed by atoms with Crippen LogP contribution in [0.4, 0.5) is 0 Å². The fourth-order valence-electron chi connectivity index (χ4n) is 2.46. The van der Waals surface area contributed by atoms with Crippen molar-refractivity contribution in [3.63, 3.8) is 0 Å². The van der Waals surface area contributed by atoms with Gasteiger partial charge in [-0.15, -0.1) is 0 Å². The van der Waals surface area contributed by atoms with E-state index >= 15 is 0 Å². The maximum atomic E-state index is 4.52. The van der Waals surface area contributed by atoms with Crippen LogP contribution in [0.3, 0.4) is 0 Å². The van der Waals surface area contributed by atoms with Crippen molar-refractivity contribution in [3.8, 4) is 0 Å². The van der Waals surface area contributed by atoms with Crippen LogP contribution < -0.4 is 5.32 Å². The van der Waals surface area contributed by atoms with Gasteiger partial charge in [-0.05, 0) is 32.3 Å². The molecule has 1 fully saturated rings. The Morgan fingerprint density at radius 2 is 2.15 bits per heavy atom. The molecule has 0 amide bonds. The molecule has 1 saturated carbocycles. The van der Waals surface area contributed by atoms with Gasteiger partial charge in [0.1, 0.15) is 5.82 Å². The van der Waals surface area contributed by atoms with E-state index in [4.69, 9.17) is 0 Å². The van der Waals surface area contributed by atoms with Gasteiger partial charge in [0.2, 0.25) is 0 Å². The van der Waals surface area contributed by atoms with Crippen LogP contribution in [0.5, 0.6) is 0 Å². The second kappa shape index (κ2) is 5.40. The van der Waals surface area contributed by atoms with Crippen LogP contribution in [0.2, 0.25) is 0 Å². The summed E-state index contributed by atoms with van der Waals surface area (Å²) in [5.41, 5.74) is 3.64. The van der Waals surface area contributed by atoms with E-state index < -0.39 is 0 Å². The summed E-state index contributed by atoms with van der Waals surface area (Å²) >= 11 is 0. The first-order chi connectivity index (χ1) is 9.67. The van der Waals surface area contributed by atoms with Crippen LogP contribution in [0, 0.1) is 6.92 Å². The van der Waals surface area contributed by atoms with E-state index in [-0.39, 0.29) is 0 Å². The summed E-state index contributed by atoms with van der Waals surface area (Å²) in [6.45, 7) is 5.96. The zero-order valence-corrected chi connectivity index (χ0v) is 12.6. The van der Waals surface area contributed by atoms with Crippen LogP contribution in [0.25, 0.3) is 0 Å². The highest BCUT2D eigenvalue weighted by Gasteiger charge is 2.21. The number of aryl methyl sites for hydroxylation is 3. The molecule has 0 saturated heterocycles. The Hall–Kier alpha value is -1.62. The molecular formula is C15H23N5. The highest BCUT2D eigenvalue weighted by Crippen LogP contribution is 2.19. The Bertz CT molecular complexity index is 591. The lowest BCUT2D eigenvalue weighted by Gasteiger charge is -2.11. The third-order valence-corrected chi connectivity index (χ3v) is 4.00. The van der Waals surface area contributed by atoms with Crippen LogP contribution in [-0.2, 0) is 26.6 Å². The molecule has 0 radical (unpaired) electrons. The molecular weight excluding hydrogens is 250 g/mol. The van der Waals surface area contributed by atoms with Gasteiger partial charge >= 0.3 is 0 Å². The molecule has 0 aliphatic heterocycles. The molecule has 0 unspecified atom stereocenters. The minimum atomic E-state index is 0.724. The van der Waals surface area contributed by atoms with Gasteiger partial charge in [-0.25, -0.2) is 4.98 Å². The van der Waals surface area contributed by atoms with Crippen molar-refractivity contribution in [2.75, 3.05) is 0 Å². The molecule has 5 heteroatoms. The van der Waals surface area contributed by atoms with Crippen molar-refractivity contribution in [1.82, 2.24) is 24.6 Å². The van der Waals surface area contributed by atoms with Gasteiger partial charge in [0.25, 0.3) is 0 Å². The molecule has 2 aromatic heterocycles.